The zero-order valence-corrected chi connectivity index (χ0v) is 21.8. The van der Waals surface area contributed by atoms with Crippen LogP contribution in [-0.2, 0) is 0 Å². The van der Waals surface area contributed by atoms with Crippen molar-refractivity contribution in [2.75, 3.05) is 43.5 Å². The molecule has 2 aliphatic rings. The van der Waals surface area contributed by atoms with E-state index >= 15 is 0 Å². The van der Waals surface area contributed by atoms with Gasteiger partial charge >= 0.3 is 0 Å². The van der Waals surface area contributed by atoms with Gasteiger partial charge in [0.05, 0.1) is 29.5 Å². The Balaban J connectivity index is 1.28. The summed E-state index contributed by atoms with van der Waals surface area (Å²) in [5.41, 5.74) is 3.93. The van der Waals surface area contributed by atoms with Gasteiger partial charge in [0.1, 0.15) is 12.3 Å². The van der Waals surface area contributed by atoms with Gasteiger partial charge in [-0.05, 0) is 82.6 Å². The number of H-pyrrole nitrogens is 1. The number of rotatable bonds is 5. The molecule has 0 atom stereocenters. The van der Waals surface area contributed by atoms with Gasteiger partial charge in [-0.3, -0.25) is 5.32 Å². The van der Waals surface area contributed by atoms with E-state index in [0.29, 0.717) is 36.3 Å². The summed E-state index contributed by atoms with van der Waals surface area (Å²) in [5, 5.41) is 3.05. The highest BCUT2D eigenvalue weighted by molar-refractivity contribution is 5.79. The lowest BCUT2D eigenvalue weighted by molar-refractivity contribution is 0.255. The van der Waals surface area contributed by atoms with Gasteiger partial charge in [-0.25, -0.2) is 23.7 Å². The van der Waals surface area contributed by atoms with E-state index in [0.717, 1.165) is 43.2 Å². The van der Waals surface area contributed by atoms with Crippen LogP contribution >= 0.6 is 0 Å². The summed E-state index contributed by atoms with van der Waals surface area (Å²) in [4.78, 5) is 20.8. The summed E-state index contributed by atoms with van der Waals surface area (Å²) >= 11 is 0. The molecule has 0 aliphatic carbocycles. The van der Waals surface area contributed by atoms with Gasteiger partial charge < -0.3 is 19.5 Å². The topological polar surface area (TPSA) is 82.2 Å². The second-order valence-electron chi connectivity index (χ2n) is 10.4. The molecule has 4 heterocycles. The molecular weight excluding hydrogens is 488 g/mol. The third-order valence-corrected chi connectivity index (χ3v) is 7.48. The minimum atomic E-state index is -0.643. The van der Waals surface area contributed by atoms with Gasteiger partial charge in [0, 0.05) is 11.6 Å². The molecule has 0 bridgehead atoms. The van der Waals surface area contributed by atoms with Crippen molar-refractivity contribution in [1.82, 2.24) is 24.8 Å². The lowest BCUT2D eigenvalue weighted by atomic mass is 9.89. The number of ether oxygens (including phenoxy) is 1. The molecule has 0 radical (unpaired) electrons. The number of nitrogens with zero attached hydrogens (tertiary/aromatic N) is 5. The quantitative estimate of drug-likeness (QED) is 0.362. The molecule has 10 heteroatoms. The first-order valence-electron chi connectivity index (χ1n) is 13.1. The highest BCUT2D eigenvalue weighted by Gasteiger charge is 2.26. The van der Waals surface area contributed by atoms with Crippen LogP contribution in [0.4, 0.5) is 26.4 Å². The predicted octanol–water partition coefficient (Wildman–Crippen LogP) is 5.46. The Labute approximate surface area is 220 Å². The number of hydrogen-bond donors (Lipinski definition) is 2. The number of nitrogens with one attached hydrogen (secondary N) is 2. The third-order valence-electron chi connectivity index (χ3n) is 7.48. The second kappa shape index (κ2) is 9.83. The average Bonchev–Trinajstić information content (AvgIpc) is 3.31. The summed E-state index contributed by atoms with van der Waals surface area (Å²) < 4.78 is 35.4. The number of fused-ring (bicyclic) bond motifs is 2. The normalized spacial score (nSPS) is 16.6. The van der Waals surface area contributed by atoms with Gasteiger partial charge in [-0.15, -0.1) is 0 Å². The molecule has 2 aromatic heterocycles. The molecule has 0 unspecified atom stereocenters. The average molecular weight is 520 g/mol. The molecule has 2 aromatic carbocycles. The van der Waals surface area contributed by atoms with Crippen LogP contribution in [0.1, 0.15) is 38.2 Å². The molecule has 1 fully saturated rings. The van der Waals surface area contributed by atoms with Crippen LogP contribution in [0, 0.1) is 11.6 Å². The van der Waals surface area contributed by atoms with E-state index in [9.17, 15) is 8.78 Å². The zero-order valence-electron chi connectivity index (χ0n) is 21.8. The van der Waals surface area contributed by atoms with E-state index in [-0.39, 0.29) is 23.4 Å². The number of halogens is 2. The van der Waals surface area contributed by atoms with Gasteiger partial charge in [-0.2, -0.15) is 0 Å². The molecule has 6 rings (SSSR count). The lowest BCUT2D eigenvalue weighted by Crippen LogP contribution is -2.38. The third kappa shape index (κ3) is 4.64. The Hall–Kier alpha value is -3.79. The molecule has 0 saturated carbocycles. The predicted molar refractivity (Wildman–Crippen MR) is 144 cm³/mol. The first kappa shape index (κ1) is 24.5. The van der Waals surface area contributed by atoms with Crippen molar-refractivity contribution in [1.29, 1.82) is 0 Å². The van der Waals surface area contributed by atoms with Crippen molar-refractivity contribution in [3.05, 3.63) is 53.7 Å². The van der Waals surface area contributed by atoms with Gasteiger partial charge in [0.15, 0.2) is 17.4 Å². The van der Waals surface area contributed by atoms with E-state index in [1.165, 1.54) is 11.6 Å². The van der Waals surface area contributed by atoms with Crippen LogP contribution < -0.4 is 15.0 Å². The summed E-state index contributed by atoms with van der Waals surface area (Å²) in [6.07, 6.45) is 3.36. The molecule has 8 nitrogen and oxygen atoms in total. The minimum Gasteiger partial charge on any atom is -0.486 e. The number of aromatic amines is 1. The summed E-state index contributed by atoms with van der Waals surface area (Å²) in [5.74, 6) is 0.138. The standard InChI is InChI=1S/C28H31F2N7O/c1-16(2)37-10-11-38-26-20(29)12-19(14-24(26)37)25-21(30)15-31-27(34-25)35-28-32-22-5-4-18(13-23(22)33-28)17-6-8-36(3)9-7-17/h4-5,12-17H,6-11H2,1-3H3,(H2,31,32,33,34,35). The Morgan fingerprint density at radius 1 is 1.05 bits per heavy atom. The fraction of sp³-hybridized carbons (Fsp3) is 0.393. The fourth-order valence-corrected chi connectivity index (χ4v) is 5.39. The smallest absolute Gasteiger partial charge is 0.230 e. The Kier molecular flexibility index (Phi) is 6.35. The molecule has 38 heavy (non-hydrogen) atoms. The van der Waals surface area contributed by atoms with Crippen LogP contribution in [0.25, 0.3) is 22.3 Å². The maximum atomic E-state index is 15.0. The Morgan fingerprint density at radius 2 is 1.87 bits per heavy atom. The van der Waals surface area contributed by atoms with Crippen LogP contribution in [0.5, 0.6) is 5.75 Å². The van der Waals surface area contributed by atoms with Crippen molar-refractivity contribution in [3.8, 4) is 17.0 Å². The number of aromatic nitrogens is 4. The van der Waals surface area contributed by atoms with E-state index in [4.69, 9.17) is 4.74 Å². The maximum Gasteiger partial charge on any atom is 0.230 e. The molecule has 2 aliphatic heterocycles. The highest BCUT2D eigenvalue weighted by atomic mass is 19.1. The SMILES string of the molecule is CC(C)N1CCOc2c(F)cc(-c3nc(Nc4nc5ccc(C6CCN(C)CC6)cc5[nH]4)ncc3F)cc21. The summed E-state index contributed by atoms with van der Waals surface area (Å²) in [6.45, 7) is 7.26. The van der Waals surface area contributed by atoms with Crippen LogP contribution in [0.3, 0.4) is 0 Å². The van der Waals surface area contributed by atoms with Crippen molar-refractivity contribution in [2.24, 2.45) is 0 Å². The van der Waals surface area contributed by atoms with Crippen molar-refractivity contribution in [2.45, 2.75) is 38.6 Å². The molecule has 2 N–H and O–H groups in total. The van der Waals surface area contributed by atoms with Crippen molar-refractivity contribution >= 4 is 28.6 Å². The number of hydrogen-bond acceptors (Lipinski definition) is 7. The molecule has 0 amide bonds. The van der Waals surface area contributed by atoms with Crippen LogP contribution in [-0.4, -0.2) is 64.2 Å². The van der Waals surface area contributed by atoms with Gasteiger partial charge in [-0.1, -0.05) is 6.07 Å². The monoisotopic (exact) mass is 519 g/mol. The minimum absolute atomic E-state index is 0.000793. The molecule has 1 saturated heterocycles. The maximum absolute atomic E-state index is 15.0. The molecule has 0 spiro atoms. The van der Waals surface area contributed by atoms with E-state index in [2.05, 4.69) is 49.3 Å². The van der Waals surface area contributed by atoms with Crippen LogP contribution in [0.15, 0.2) is 36.5 Å². The van der Waals surface area contributed by atoms with Crippen molar-refractivity contribution < 1.29 is 13.5 Å². The molecule has 4 aromatic rings. The van der Waals surface area contributed by atoms with E-state index < -0.39 is 11.6 Å². The lowest BCUT2D eigenvalue weighted by Gasteiger charge is -2.34. The fourth-order valence-electron chi connectivity index (χ4n) is 5.39. The van der Waals surface area contributed by atoms with Crippen LogP contribution in [0.2, 0.25) is 0 Å². The summed E-state index contributed by atoms with van der Waals surface area (Å²) in [6, 6.07) is 9.42. The van der Waals surface area contributed by atoms with Crippen molar-refractivity contribution in [3.63, 3.8) is 0 Å². The Bertz CT molecular complexity index is 1480. The molecular formula is C28H31F2N7O. The largest absolute Gasteiger partial charge is 0.486 e. The number of benzene rings is 2. The highest BCUT2D eigenvalue weighted by Crippen LogP contribution is 2.39. The van der Waals surface area contributed by atoms with Gasteiger partial charge in [0.25, 0.3) is 0 Å². The summed E-state index contributed by atoms with van der Waals surface area (Å²) in [7, 11) is 2.16. The number of anilines is 3. The van der Waals surface area contributed by atoms with E-state index in [1.807, 2.05) is 24.8 Å². The number of likely N-dealkylation sites (tertiary alicyclic amines) is 1. The van der Waals surface area contributed by atoms with Gasteiger partial charge in [0.2, 0.25) is 11.9 Å². The number of imidazole rings is 1. The van der Waals surface area contributed by atoms with E-state index in [1.54, 1.807) is 6.07 Å². The Morgan fingerprint density at radius 3 is 2.66 bits per heavy atom. The molecule has 198 valence electrons. The zero-order chi connectivity index (χ0) is 26.4. The number of piperidine rings is 1. The first-order valence-corrected chi connectivity index (χ1v) is 13.1. The second-order valence-corrected chi connectivity index (χ2v) is 10.4. The first-order chi connectivity index (χ1) is 18.4.